The molecule has 166 valence electrons. The van der Waals surface area contributed by atoms with E-state index in [9.17, 15) is 4.79 Å². The normalized spacial score (nSPS) is 15.8. The fourth-order valence-electron chi connectivity index (χ4n) is 4.16. The molecule has 32 heavy (non-hydrogen) atoms. The lowest BCUT2D eigenvalue weighted by atomic mass is 9.98. The van der Waals surface area contributed by atoms with Crippen LogP contribution in [-0.4, -0.2) is 55.5 Å². The third-order valence-electron chi connectivity index (χ3n) is 5.97. The van der Waals surface area contributed by atoms with Crippen molar-refractivity contribution in [2.75, 3.05) is 39.8 Å². The average molecular weight is 430 g/mol. The van der Waals surface area contributed by atoms with Gasteiger partial charge in [0.15, 0.2) is 0 Å². The molecule has 0 unspecified atom stereocenters. The zero-order valence-corrected chi connectivity index (χ0v) is 18.6. The summed E-state index contributed by atoms with van der Waals surface area (Å²) < 4.78 is 5.28. The van der Waals surface area contributed by atoms with Gasteiger partial charge in [-0.3, -0.25) is 14.6 Å². The molecule has 1 saturated heterocycles. The third-order valence-corrected chi connectivity index (χ3v) is 5.97. The molecule has 0 aliphatic carbocycles. The van der Waals surface area contributed by atoms with Gasteiger partial charge in [0.25, 0.3) is 0 Å². The zero-order chi connectivity index (χ0) is 22.2. The lowest BCUT2D eigenvalue weighted by Crippen LogP contribution is -2.49. The molecule has 1 N–H and O–H groups in total. The summed E-state index contributed by atoms with van der Waals surface area (Å²) in [6.45, 7) is 5.14. The second-order valence-electron chi connectivity index (χ2n) is 8.22. The van der Waals surface area contributed by atoms with Crippen LogP contribution >= 0.6 is 0 Å². The highest BCUT2D eigenvalue weighted by Crippen LogP contribution is 2.24. The van der Waals surface area contributed by atoms with Gasteiger partial charge in [0.2, 0.25) is 5.91 Å². The van der Waals surface area contributed by atoms with Crippen molar-refractivity contribution < 1.29 is 9.53 Å². The number of hydrogen-bond donors (Lipinski definition) is 1. The molecule has 0 saturated carbocycles. The topological polar surface area (TPSA) is 44.8 Å². The first kappa shape index (κ1) is 22.1. The molecule has 3 aromatic carbocycles. The van der Waals surface area contributed by atoms with Gasteiger partial charge in [0, 0.05) is 32.7 Å². The fraction of sp³-hybridized carbons (Fsp3) is 0.296. The highest BCUT2D eigenvalue weighted by molar-refractivity contribution is 5.79. The molecule has 0 aromatic heterocycles. The van der Waals surface area contributed by atoms with E-state index in [0.29, 0.717) is 6.54 Å². The van der Waals surface area contributed by atoms with Gasteiger partial charge in [-0.25, -0.2) is 0 Å². The first-order valence-electron chi connectivity index (χ1n) is 11.2. The molecule has 0 radical (unpaired) electrons. The Labute approximate surface area is 190 Å². The van der Waals surface area contributed by atoms with E-state index in [1.54, 1.807) is 7.11 Å². The number of rotatable bonds is 8. The first-order valence-corrected chi connectivity index (χ1v) is 11.2. The van der Waals surface area contributed by atoms with Gasteiger partial charge in [-0.1, -0.05) is 72.8 Å². The Balaban J connectivity index is 1.34. The molecule has 4 rings (SSSR count). The number of ether oxygens (including phenoxy) is 1. The minimum Gasteiger partial charge on any atom is -0.497 e. The summed E-state index contributed by atoms with van der Waals surface area (Å²) in [5.41, 5.74) is 3.45. The van der Waals surface area contributed by atoms with Gasteiger partial charge in [0.05, 0.1) is 19.7 Å². The second kappa shape index (κ2) is 10.9. The molecule has 3 aromatic rings. The van der Waals surface area contributed by atoms with Gasteiger partial charge in [-0.2, -0.15) is 0 Å². The Morgan fingerprint density at radius 1 is 0.812 bits per heavy atom. The van der Waals surface area contributed by atoms with E-state index in [4.69, 9.17) is 4.74 Å². The maximum absolute atomic E-state index is 13.0. The summed E-state index contributed by atoms with van der Waals surface area (Å²) >= 11 is 0. The van der Waals surface area contributed by atoms with Crippen LogP contribution in [0.2, 0.25) is 0 Å². The lowest BCUT2D eigenvalue weighted by molar-refractivity contribution is -0.123. The first-order chi connectivity index (χ1) is 15.7. The third kappa shape index (κ3) is 5.96. The van der Waals surface area contributed by atoms with Crippen molar-refractivity contribution in [1.29, 1.82) is 0 Å². The highest BCUT2D eigenvalue weighted by atomic mass is 16.5. The quantitative estimate of drug-likeness (QED) is 0.593. The molecule has 0 bridgehead atoms. The predicted molar refractivity (Wildman–Crippen MR) is 128 cm³/mol. The van der Waals surface area contributed by atoms with Crippen molar-refractivity contribution in [3.8, 4) is 5.75 Å². The van der Waals surface area contributed by atoms with Crippen LogP contribution in [0.5, 0.6) is 5.75 Å². The Morgan fingerprint density at radius 2 is 1.38 bits per heavy atom. The molecule has 5 nitrogen and oxygen atoms in total. The minimum absolute atomic E-state index is 0.0474. The number of nitrogens with zero attached hydrogens (tertiary/aromatic N) is 2. The molecule has 1 amide bonds. The van der Waals surface area contributed by atoms with E-state index in [0.717, 1.165) is 49.6 Å². The highest BCUT2D eigenvalue weighted by Gasteiger charge is 2.22. The van der Waals surface area contributed by atoms with Crippen molar-refractivity contribution in [2.45, 2.75) is 12.6 Å². The minimum atomic E-state index is -0.186. The standard InChI is InChI=1S/C27H31N3O2/c1-32-25-14-12-24(13-15-25)27(23-10-6-3-7-11-23)28-26(31)21-30-18-16-29(17-19-30)20-22-8-4-2-5-9-22/h2-15,27H,16-21H2,1H3,(H,28,31)/t27-/m0/s1. The maximum Gasteiger partial charge on any atom is 0.234 e. The zero-order valence-electron chi connectivity index (χ0n) is 18.6. The smallest absolute Gasteiger partial charge is 0.234 e. The van der Waals surface area contributed by atoms with Crippen LogP contribution in [0.25, 0.3) is 0 Å². The van der Waals surface area contributed by atoms with Gasteiger partial charge >= 0.3 is 0 Å². The summed E-state index contributed by atoms with van der Waals surface area (Å²) in [5.74, 6) is 0.853. The number of carbonyl (C=O) groups is 1. The van der Waals surface area contributed by atoms with Crippen LogP contribution in [0, 0.1) is 0 Å². The van der Waals surface area contributed by atoms with E-state index in [2.05, 4.69) is 57.6 Å². The molecule has 1 heterocycles. The van der Waals surface area contributed by atoms with Crippen LogP contribution in [0.3, 0.4) is 0 Å². The van der Waals surface area contributed by atoms with E-state index in [-0.39, 0.29) is 11.9 Å². The molecule has 1 atom stereocenters. The molecule has 0 spiro atoms. The molecule has 1 aliphatic rings. The van der Waals surface area contributed by atoms with E-state index in [1.807, 2.05) is 42.5 Å². The van der Waals surface area contributed by atoms with Crippen molar-refractivity contribution in [3.05, 3.63) is 102 Å². The van der Waals surface area contributed by atoms with Crippen molar-refractivity contribution in [1.82, 2.24) is 15.1 Å². The molecular weight excluding hydrogens is 398 g/mol. The monoisotopic (exact) mass is 429 g/mol. The summed E-state index contributed by atoms with van der Waals surface area (Å²) in [7, 11) is 1.66. The Hall–Kier alpha value is -3.15. The van der Waals surface area contributed by atoms with Crippen molar-refractivity contribution >= 4 is 5.91 Å². The average Bonchev–Trinajstić information content (AvgIpc) is 2.85. The van der Waals surface area contributed by atoms with E-state index < -0.39 is 0 Å². The van der Waals surface area contributed by atoms with Crippen LogP contribution in [-0.2, 0) is 11.3 Å². The van der Waals surface area contributed by atoms with Gasteiger partial charge < -0.3 is 10.1 Å². The molecule has 5 heteroatoms. The van der Waals surface area contributed by atoms with Crippen molar-refractivity contribution in [3.63, 3.8) is 0 Å². The second-order valence-corrected chi connectivity index (χ2v) is 8.22. The maximum atomic E-state index is 13.0. The SMILES string of the molecule is COc1ccc([C@@H](NC(=O)CN2CCN(Cc3ccccc3)CC2)c2ccccc2)cc1. The number of carbonyl (C=O) groups excluding carboxylic acids is 1. The molecule has 1 aliphatic heterocycles. The van der Waals surface area contributed by atoms with Gasteiger partial charge in [-0.05, 0) is 28.8 Å². The number of benzene rings is 3. The number of amides is 1. The lowest BCUT2D eigenvalue weighted by Gasteiger charge is -2.34. The van der Waals surface area contributed by atoms with Crippen LogP contribution in [0.1, 0.15) is 22.7 Å². The van der Waals surface area contributed by atoms with E-state index >= 15 is 0 Å². The largest absolute Gasteiger partial charge is 0.497 e. The van der Waals surface area contributed by atoms with Crippen LogP contribution < -0.4 is 10.1 Å². The Bertz CT molecular complexity index is 969. The molecule has 1 fully saturated rings. The number of nitrogens with one attached hydrogen (secondary N) is 1. The van der Waals surface area contributed by atoms with Gasteiger partial charge in [-0.15, -0.1) is 0 Å². The van der Waals surface area contributed by atoms with Crippen LogP contribution in [0.4, 0.5) is 0 Å². The Kier molecular flexibility index (Phi) is 7.54. The van der Waals surface area contributed by atoms with E-state index in [1.165, 1.54) is 5.56 Å². The predicted octanol–water partition coefficient (Wildman–Crippen LogP) is 3.72. The summed E-state index contributed by atoms with van der Waals surface area (Å²) in [5, 5.41) is 3.25. The summed E-state index contributed by atoms with van der Waals surface area (Å²) in [6.07, 6.45) is 0. The summed E-state index contributed by atoms with van der Waals surface area (Å²) in [4.78, 5) is 17.7. The number of piperazine rings is 1. The Morgan fingerprint density at radius 3 is 2.00 bits per heavy atom. The number of hydrogen-bond acceptors (Lipinski definition) is 4. The fourth-order valence-corrected chi connectivity index (χ4v) is 4.16. The molecular formula is C27H31N3O2. The number of methoxy groups -OCH3 is 1. The summed E-state index contributed by atoms with van der Waals surface area (Å²) in [6, 6.07) is 28.4. The van der Waals surface area contributed by atoms with Crippen LogP contribution in [0.15, 0.2) is 84.9 Å². The van der Waals surface area contributed by atoms with Gasteiger partial charge in [0.1, 0.15) is 5.75 Å². The van der Waals surface area contributed by atoms with Crippen molar-refractivity contribution in [2.24, 2.45) is 0 Å².